The summed E-state index contributed by atoms with van der Waals surface area (Å²) in [6, 6.07) is 13.3. The Morgan fingerprint density at radius 1 is 1.03 bits per heavy atom. The zero-order valence-electron chi connectivity index (χ0n) is 19.5. The number of benzene rings is 2. The molecule has 0 bridgehead atoms. The lowest BCUT2D eigenvalue weighted by molar-refractivity contribution is 0.0985. The quantitative estimate of drug-likeness (QED) is 0.339. The van der Waals surface area contributed by atoms with E-state index in [2.05, 4.69) is 11.8 Å². The van der Waals surface area contributed by atoms with Gasteiger partial charge in [-0.25, -0.2) is 4.98 Å². The minimum Gasteiger partial charge on any atom is -0.494 e. The lowest BCUT2D eigenvalue weighted by atomic mass is 10.2. The molecule has 32 heavy (non-hydrogen) atoms. The van der Waals surface area contributed by atoms with Crippen molar-refractivity contribution in [1.29, 1.82) is 0 Å². The number of hydrogen-bond acceptors (Lipinski definition) is 6. The standard InChI is InChI=1S/C25H33N3O3S/c1-5-7-17-31-20-12-8-11-19(18-20)24(29)28(16-10-15-27(3)4)25-26-23-21(30-6-2)13-9-14-22(23)32-25/h8-9,11-14,18H,5-7,10,15-17H2,1-4H3. The Balaban J connectivity index is 1.90. The zero-order chi connectivity index (χ0) is 22.9. The van der Waals surface area contributed by atoms with E-state index in [-0.39, 0.29) is 5.91 Å². The maximum Gasteiger partial charge on any atom is 0.260 e. The number of rotatable bonds is 12. The van der Waals surface area contributed by atoms with Crippen LogP contribution in [0, 0.1) is 0 Å². The van der Waals surface area contributed by atoms with Gasteiger partial charge >= 0.3 is 0 Å². The first-order valence-electron chi connectivity index (χ1n) is 11.2. The van der Waals surface area contributed by atoms with Crippen molar-refractivity contribution in [2.45, 2.75) is 33.1 Å². The number of thiazole rings is 1. The van der Waals surface area contributed by atoms with Gasteiger partial charge in [0.1, 0.15) is 17.0 Å². The Bertz CT molecular complexity index is 1020. The van der Waals surface area contributed by atoms with E-state index < -0.39 is 0 Å². The highest BCUT2D eigenvalue weighted by Crippen LogP contribution is 2.35. The highest BCUT2D eigenvalue weighted by molar-refractivity contribution is 7.22. The first-order chi connectivity index (χ1) is 15.5. The number of unbranched alkanes of at least 4 members (excludes halogenated alkanes) is 1. The number of para-hydroxylation sites is 1. The summed E-state index contributed by atoms with van der Waals surface area (Å²) in [6.45, 7) is 6.78. The molecule has 172 valence electrons. The van der Waals surface area contributed by atoms with Crippen LogP contribution in [-0.4, -0.2) is 56.2 Å². The van der Waals surface area contributed by atoms with Crippen molar-refractivity contribution < 1.29 is 14.3 Å². The van der Waals surface area contributed by atoms with Crippen LogP contribution in [0.3, 0.4) is 0 Å². The van der Waals surface area contributed by atoms with Crippen molar-refractivity contribution in [1.82, 2.24) is 9.88 Å². The van der Waals surface area contributed by atoms with Crippen LogP contribution in [-0.2, 0) is 0 Å². The summed E-state index contributed by atoms with van der Waals surface area (Å²) in [7, 11) is 4.07. The summed E-state index contributed by atoms with van der Waals surface area (Å²) >= 11 is 1.52. The van der Waals surface area contributed by atoms with Gasteiger partial charge in [0.15, 0.2) is 5.13 Å². The number of aromatic nitrogens is 1. The number of anilines is 1. The molecule has 1 heterocycles. The van der Waals surface area contributed by atoms with Gasteiger partial charge in [0.2, 0.25) is 0 Å². The third-order valence-electron chi connectivity index (χ3n) is 4.98. The van der Waals surface area contributed by atoms with Crippen molar-refractivity contribution in [2.24, 2.45) is 0 Å². The molecular weight excluding hydrogens is 422 g/mol. The molecule has 3 rings (SSSR count). The molecule has 0 aliphatic carbocycles. The summed E-state index contributed by atoms with van der Waals surface area (Å²) < 4.78 is 12.6. The lowest BCUT2D eigenvalue weighted by Gasteiger charge is -2.21. The molecule has 0 spiro atoms. The smallest absolute Gasteiger partial charge is 0.260 e. The number of ether oxygens (including phenoxy) is 2. The maximum atomic E-state index is 13.6. The largest absolute Gasteiger partial charge is 0.494 e. The number of nitrogens with zero attached hydrogens (tertiary/aromatic N) is 3. The van der Waals surface area contributed by atoms with Gasteiger partial charge in [-0.3, -0.25) is 9.69 Å². The second-order valence-corrected chi connectivity index (χ2v) is 8.88. The number of carbonyl (C=O) groups is 1. The molecule has 2 aromatic carbocycles. The van der Waals surface area contributed by atoms with Gasteiger partial charge in [0, 0.05) is 12.1 Å². The van der Waals surface area contributed by atoms with Crippen LogP contribution < -0.4 is 14.4 Å². The first-order valence-corrected chi connectivity index (χ1v) is 12.1. The van der Waals surface area contributed by atoms with Crippen LogP contribution >= 0.6 is 11.3 Å². The molecule has 0 unspecified atom stereocenters. The Morgan fingerprint density at radius 2 is 1.84 bits per heavy atom. The molecule has 1 amide bonds. The molecule has 0 aliphatic rings. The summed E-state index contributed by atoms with van der Waals surface area (Å²) in [5.41, 5.74) is 1.41. The Kier molecular flexibility index (Phi) is 8.88. The van der Waals surface area contributed by atoms with E-state index in [9.17, 15) is 4.79 Å². The van der Waals surface area contributed by atoms with Crippen LogP contribution in [0.4, 0.5) is 5.13 Å². The van der Waals surface area contributed by atoms with E-state index in [0.29, 0.717) is 30.5 Å². The number of amides is 1. The van der Waals surface area contributed by atoms with E-state index >= 15 is 0 Å². The van der Waals surface area contributed by atoms with Gasteiger partial charge in [-0.2, -0.15) is 0 Å². The van der Waals surface area contributed by atoms with E-state index in [1.54, 1.807) is 4.90 Å². The fraction of sp³-hybridized carbons (Fsp3) is 0.440. The van der Waals surface area contributed by atoms with Gasteiger partial charge in [-0.1, -0.05) is 36.8 Å². The van der Waals surface area contributed by atoms with Crippen molar-refractivity contribution in [2.75, 3.05) is 45.3 Å². The van der Waals surface area contributed by atoms with Crippen LogP contribution in [0.2, 0.25) is 0 Å². The van der Waals surface area contributed by atoms with Crippen molar-refractivity contribution in [3.8, 4) is 11.5 Å². The summed E-state index contributed by atoms with van der Waals surface area (Å²) in [5, 5.41) is 0.688. The summed E-state index contributed by atoms with van der Waals surface area (Å²) in [5.74, 6) is 1.40. The van der Waals surface area contributed by atoms with E-state index in [0.717, 1.165) is 47.5 Å². The fourth-order valence-corrected chi connectivity index (χ4v) is 4.34. The molecule has 0 aliphatic heterocycles. The van der Waals surface area contributed by atoms with Crippen LogP contribution in [0.25, 0.3) is 10.2 Å². The SMILES string of the molecule is CCCCOc1cccc(C(=O)N(CCCN(C)C)c2nc3c(OCC)cccc3s2)c1. The summed E-state index contributed by atoms with van der Waals surface area (Å²) in [4.78, 5) is 22.3. The fourth-order valence-electron chi connectivity index (χ4n) is 3.34. The minimum atomic E-state index is -0.0679. The first kappa shape index (κ1) is 24.0. The molecule has 0 N–H and O–H groups in total. The van der Waals surface area contributed by atoms with Gasteiger partial charge < -0.3 is 14.4 Å². The van der Waals surface area contributed by atoms with Gasteiger partial charge in [-0.15, -0.1) is 0 Å². The zero-order valence-corrected chi connectivity index (χ0v) is 20.3. The van der Waals surface area contributed by atoms with E-state index in [1.165, 1.54) is 11.3 Å². The topological polar surface area (TPSA) is 54.9 Å². The molecule has 7 heteroatoms. The highest BCUT2D eigenvalue weighted by atomic mass is 32.1. The predicted molar refractivity (Wildman–Crippen MR) is 132 cm³/mol. The highest BCUT2D eigenvalue weighted by Gasteiger charge is 2.22. The molecule has 0 radical (unpaired) electrons. The van der Waals surface area contributed by atoms with Crippen LogP contribution in [0.1, 0.15) is 43.5 Å². The van der Waals surface area contributed by atoms with E-state index in [1.807, 2.05) is 63.5 Å². The predicted octanol–water partition coefficient (Wildman–Crippen LogP) is 5.47. The average molecular weight is 456 g/mol. The van der Waals surface area contributed by atoms with Gasteiger partial charge in [-0.05, 0) is 70.7 Å². The van der Waals surface area contributed by atoms with E-state index in [4.69, 9.17) is 14.5 Å². The maximum absolute atomic E-state index is 13.6. The molecular formula is C25H33N3O3S. The minimum absolute atomic E-state index is 0.0679. The van der Waals surface area contributed by atoms with Crippen LogP contribution in [0.5, 0.6) is 11.5 Å². The van der Waals surface area contributed by atoms with Crippen LogP contribution in [0.15, 0.2) is 42.5 Å². The van der Waals surface area contributed by atoms with Gasteiger partial charge in [0.25, 0.3) is 5.91 Å². The van der Waals surface area contributed by atoms with Crippen molar-refractivity contribution in [3.63, 3.8) is 0 Å². The monoisotopic (exact) mass is 455 g/mol. The number of carbonyl (C=O) groups excluding carboxylic acids is 1. The normalized spacial score (nSPS) is 11.2. The molecule has 3 aromatic rings. The Labute approximate surface area is 194 Å². The Hall–Kier alpha value is -2.64. The molecule has 6 nitrogen and oxygen atoms in total. The Morgan fingerprint density at radius 3 is 2.59 bits per heavy atom. The van der Waals surface area contributed by atoms with Crippen molar-refractivity contribution >= 4 is 32.6 Å². The van der Waals surface area contributed by atoms with Crippen molar-refractivity contribution in [3.05, 3.63) is 48.0 Å². The lowest BCUT2D eigenvalue weighted by Crippen LogP contribution is -2.33. The number of hydrogen-bond donors (Lipinski definition) is 0. The molecule has 1 aromatic heterocycles. The third-order valence-corrected chi connectivity index (χ3v) is 6.02. The molecule has 0 saturated heterocycles. The van der Waals surface area contributed by atoms with Gasteiger partial charge in [0.05, 0.1) is 17.9 Å². The second-order valence-electron chi connectivity index (χ2n) is 7.88. The third kappa shape index (κ3) is 6.20. The molecule has 0 fully saturated rings. The molecule has 0 atom stereocenters. The molecule has 0 saturated carbocycles. The summed E-state index contributed by atoms with van der Waals surface area (Å²) in [6.07, 6.45) is 2.90. The second kappa shape index (κ2) is 11.8. The average Bonchev–Trinajstić information content (AvgIpc) is 3.22. The number of fused-ring (bicyclic) bond motifs is 1.